The first-order valence-corrected chi connectivity index (χ1v) is 11.9. The molecule has 0 saturated carbocycles. The van der Waals surface area contributed by atoms with Gasteiger partial charge in [0.15, 0.2) is 0 Å². The summed E-state index contributed by atoms with van der Waals surface area (Å²) in [5.41, 5.74) is 1.17. The molecule has 30 heavy (non-hydrogen) atoms. The maximum atomic E-state index is 13.1. The topological polar surface area (TPSA) is 75.5 Å². The third kappa shape index (κ3) is 4.02. The first-order valence-electron chi connectivity index (χ1n) is 11.0. The van der Waals surface area contributed by atoms with Gasteiger partial charge in [-0.15, -0.1) is 11.3 Å². The maximum absolute atomic E-state index is 13.1. The minimum Gasteiger partial charge on any atom is -0.343 e. The average molecular weight is 431 g/mol. The van der Waals surface area contributed by atoms with Gasteiger partial charge in [-0.05, 0) is 44.6 Å². The zero-order valence-corrected chi connectivity index (χ0v) is 18.7. The van der Waals surface area contributed by atoms with Gasteiger partial charge in [0.05, 0.1) is 11.7 Å². The molecular formula is C22H30N4O3S. The maximum Gasteiger partial charge on any atom is 0.262 e. The summed E-state index contributed by atoms with van der Waals surface area (Å²) in [5.74, 6) is 0.370. The van der Waals surface area contributed by atoms with Gasteiger partial charge in [-0.25, -0.2) is 4.98 Å². The van der Waals surface area contributed by atoms with E-state index in [4.69, 9.17) is 0 Å². The van der Waals surface area contributed by atoms with Gasteiger partial charge < -0.3 is 9.80 Å². The van der Waals surface area contributed by atoms with Gasteiger partial charge in [0.25, 0.3) is 5.56 Å². The molecule has 4 heterocycles. The molecule has 2 saturated heterocycles. The average Bonchev–Trinajstić information content (AvgIpc) is 3.30. The van der Waals surface area contributed by atoms with E-state index in [1.165, 1.54) is 4.88 Å². The second-order valence-electron chi connectivity index (χ2n) is 8.33. The van der Waals surface area contributed by atoms with Crippen molar-refractivity contribution in [3.05, 3.63) is 27.1 Å². The minimum atomic E-state index is 0.0567. The zero-order chi connectivity index (χ0) is 21.3. The second kappa shape index (κ2) is 8.88. The van der Waals surface area contributed by atoms with Gasteiger partial charge in [-0.1, -0.05) is 6.92 Å². The number of fused-ring (bicyclic) bond motifs is 1. The van der Waals surface area contributed by atoms with Gasteiger partial charge in [0.2, 0.25) is 11.8 Å². The normalized spacial score (nSPS) is 18.0. The largest absolute Gasteiger partial charge is 0.343 e. The lowest BCUT2D eigenvalue weighted by atomic mass is 10.0. The molecule has 0 radical (unpaired) electrons. The molecule has 0 spiro atoms. The van der Waals surface area contributed by atoms with Crippen molar-refractivity contribution in [3.8, 4) is 0 Å². The van der Waals surface area contributed by atoms with Gasteiger partial charge in [-0.3, -0.25) is 19.0 Å². The van der Waals surface area contributed by atoms with Crippen LogP contribution in [-0.2, 0) is 16.0 Å². The van der Waals surface area contributed by atoms with Crippen LogP contribution >= 0.6 is 11.3 Å². The number of thiophene rings is 1. The molecule has 0 bridgehead atoms. The highest BCUT2D eigenvalue weighted by Gasteiger charge is 2.26. The highest BCUT2D eigenvalue weighted by Crippen LogP contribution is 2.28. The molecule has 7 nitrogen and oxygen atoms in total. The Morgan fingerprint density at radius 3 is 2.67 bits per heavy atom. The van der Waals surface area contributed by atoms with E-state index in [2.05, 4.69) is 18.8 Å². The number of amides is 2. The first-order chi connectivity index (χ1) is 14.5. The van der Waals surface area contributed by atoms with E-state index in [0.29, 0.717) is 32.5 Å². The molecule has 0 aliphatic carbocycles. The van der Waals surface area contributed by atoms with Crippen molar-refractivity contribution in [3.63, 3.8) is 0 Å². The molecule has 2 amide bonds. The summed E-state index contributed by atoms with van der Waals surface area (Å²) >= 11 is 1.59. The van der Waals surface area contributed by atoms with Crippen molar-refractivity contribution in [1.82, 2.24) is 19.4 Å². The molecule has 0 aromatic carbocycles. The zero-order valence-electron chi connectivity index (χ0n) is 17.9. The molecule has 4 rings (SSSR count). The number of carbonyl (C=O) groups excluding carboxylic acids is 2. The standard InChI is InChI=1S/C22H30N4O3S/c1-3-17-15(2)30-21-20(17)22(29)26(14-23-21)16-8-12-25(13-9-16)19(28)7-5-11-24-10-4-6-18(24)27/h14,16H,3-13H2,1-2H3. The Bertz CT molecular complexity index is 1000. The molecule has 2 aromatic heterocycles. The van der Waals surface area contributed by atoms with E-state index >= 15 is 0 Å². The Morgan fingerprint density at radius 2 is 2.00 bits per heavy atom. The van der Waals surface area contributed by atoms with Gasteiger partial charge in [0, 0.05) is 49.9 Å². The van der Waals surface area contributed by atoms with E-state index in [0.717, 1.165) is 54.4 Å². The second-order valence-corrected chi connectivity index (χ2v) is 9.53. The molecule has 2 aliphatic rings. The van der Waals surface area contributed by atoms with E-state index in [1.54, 1.807) is 22.2 Å². The fourth-order valence-electron chi connectivity index (χ4n) is 4.77. The molecule has 2 fully saturated rings. The molecule has 2 aliphatic heterocycles. The number of aromatic nitrogens is 2. The van der Waals surface area contributed by atoms with Crippen molar-refractivity contribution in [2.24, 2.45) is 0 Å². The molecule has 0 N–H and O–H groups in total. The van der Waals surface area contributed by atoms with Crippen LogP contribution in [0.5, 0.6) is 0 Å². The van der Waals surface area contributed by atoms with Crippen molar-refractivity contribution in [2.75, 3.05) is 26.2 Å². The van der Waals surface area contributed by atoms with Crippen molar-refractivity contribution in [1.29, 1.82) is 0 Å². The third-order valence-electron chi connectivity index (χ3n) is 6.49. The van der Waals surface area contributed by atoms with Crippen LogP contribution in [0.1, 0.15) is 61.9 Å². The minimum absolute atomic E-state index is 0.0567. The Hall–Kier alpha value is -2.22. The number of hydrogen-bond donors (Lipinski definition) is 0. The van der Waals surface area contributed by atoms with Crippen LogP contribution in [0.3, 0.4) is 0 Å². The molecule has 2 aromatic rings. The van der Waals surface area contributed by atoms with Crippen LogP contribution in [-0.4, -0.2) is 57.3 Å². The highest BCUT2D eigenvalue weighted by molar-refractivity contribution is 7.18. The van der Waals surface area contributed by atoms with E-state index in [1.807, 2.05) is 9.80 Å². The van der Waals surface area contributed by atoms with E-state index in [-0.39, 0.29) is 23.4 Å². The van der Waals surface area contributed by atoms with Gasteiger partial charge in [0.1, 0.15) is 4.83 Å². The SMILES string of the molecule is CCc1c(C)sc2ncn(C3CCN(C(=O)CCCN4CCCC4=O)CC3)c(=O)c12. The molecule has 0 unspecified atom stereocenters. The van der Waals surface area contributed by atoms with Crippen LogP contribution in [0, 0.1) is 6.92 Å². The lowest BCUT2D eigenvalue weighted by Gasteiger charge is -2.33. The lowest BCUT2D eigenvalue weighted by Crippen LogP contribution is -2.41. The van der Waals surface area contributed by atoms with Crippen molar-refractivity contribution >= 4 is 33.4 Å². The van der Waals surface area contributed by atoms with E-state index < -0.39 is 0 Å². The molecule has 162 valence electrons. The Kier molecular flexibility index (Phi) is 6.22. The number of aryl methyl sites for hydroxylation is 2. The summed E-state index contributed by atoms with van der Waals surface area (Å²) in [7, 11) is 0. The summed E-state index contributed by atoms with van der Waals surface area (Å²) in [4.78, 5) is 47.7. The number of hydrogen-bond acceptors (Lipinski definition) is 5. The number of piperidine rings is 1. The Labute approximate surface area is 180 Å². The van der Waals surface area contributed by atoms with Crippen LogP contribution in [0.25, 0.3) is 10.2 Å². The number of rotatable bonds is 6. The highest BCUT2D eigenvalue weighted by atomic mass is 32.1. The first kappa shape index (κ1) is 21.0. The van der Waals surface area contributed by atoms with Crippen LogP contribution < -0.4 is 5.56 Å². The van der Waals surface area contributed by atoms with Crippen LogP contribution in [0.4, 0.5) is 0 Å². The van der Waals surface area contributed by atoms with Crippen LogP contribution in [0.2, 0.25) is 0 Å². The number of carbonyl (C=O) groups is 2. The van der Waals surface area contributed by atoms with Crippen molar-refractivity contribution in [2.45, 2.75) is 64.8 Å². The predicted octanol–water partition coefficient (Wildman–Crippen LogP) is 2.89. The van der Waals surface area contributed by atoms with Gasteiger partial charge in [-0.2, -0.15) is 0 Å². The third-order valence-corrected chi connectivity index (χ3v) is 7.55. The smallest absolute Gasteiger partial charge is 0.262 e. The number of likely N-dealkylation sites (tertiary alicyclic amines) is 2. The lowest BCUT2D eigenvalue weighted by molar-refractivity contribution is -0.133. The fraction of sp³-hybridized carbons (Fsp3) is 0.636. The summed E-state index contributed by atoms with van der Waals surface area (Å²) < 4.78 is 1.79. The quantitative estimate of drug-likeness (QED) is 0.706. The molecule has 0 atom stereocenters. The van der Waals surface area contributed by atoms with E-state index in [9.17, 15) is 14.4 Å². The summed E-state index contributed by atoms with van der Waals surface area (Å²) in [6.07, 6.45) is 6.86. The monoisotopic (exact) mass is 430 g/mol. The molecular weight excluding hydrogens is 400 g/mol. The summed E-state index contributed by atoms with van der Waals surface area (Å²) in [5, 5.41) is 0.775. The fourth-order valence-corrected chi connectivity index (χ4v) is 5.84. The summed E-state index contributed by atoms with van der Waals surface area (Å²) in [6, 6.07) is 0.0885. The van der Waals surface area contributed by atoms with Crippen LogP contribution in [0.15, 0.2) is 11.1 Å². The van der Waals surface area contributed by atoms with Gasteiger partial charge >= 0.3 is 0 Å². The van der Waals surface area contributed by atoms with Crippen molar-refractivity contribution < 1.29 is 9.59 Å². The predicted molar refractivity (Wildman–Crippen MR) is 118 cm³/mol. The Balaban J connectivity index is 1.35. The number of nitrogens with zero attached hydrogens (tertiary/aromatic N) is 4. The molecule has 8 heteroatoms. The summed E-state index contributed by atoms with van der Waals surface area (Å²) in [6.45, 7) is 6.98. The Morgan fingerprint density at radius 1 is 1.23 bits per heavy atom.